The fraction of sp³-hybridized carbons (Fsp3) is 0.417. The van der Waals surface area contributed by atoms with Crippen LogP contribution in [-0.4, -0.2) is 43.2 Å². The van der Waals surface area contributed by atoms with E-state index in [0.717, 1.165) is 6.26 Å². The third-order valence-corrected chi connectivity index (χ3v) is 4.42. The average molecular weight is 403 g/mol. The lowest BCUT2D eigenvalue weighted by Crippen LogP contribution is -2.44. The van der Waals surface area contributed by atoms with Gasteiger partial charge in [0, 0.05) is 6.26 Å². The molecule has 0 unspecified atom stereocenters. The number of amides is 1. The number of halogens is 3. The van der Waals surface area contributed by atoms with Gasteiger partial charge in [-0.05, 0) is 17.7 Å². The van der Waals surface area contributed by atoms with Gasteiger partial charge in [0.25, 0.3) is 11.0 Å². The molecule has 8 nitrogen and oxygen atoms in total. The monoisotopic (exact) mass is 402 g/mol. The lowest BCUT2D eigenvalue weighted by Gasteiger charge is -2.24. The molecular weight excluding hydrogens is 390 g/mol. The summed E-state index contributed by atoms with van der Waals surface area (Å²) in [5, 5.41) is 11.6. The molecule has 134 valence electrons. The van der Waals surface area contributed by atoms with Gasteiger partial charge in [0.15, 0.2) is 20.8 Å². The van der Waals surface area contributed by atoms with Crippen molar-refractivity contribution in [2.24, 2.45) is 0 Å². The number of nitrogens with one attached hydrogen (secondary N) is 1. The Bertz CT molecular complexity index is 698. The average Bonchev–Trinajstić information content (AvgIpc) is 2.49. The Labute approximate surface area is 146 Å². The second kappa shape index (κ2) is 8.45. The van der Waals surface area contributed by atoms with Gasteiger partial charge in [-0.3, -0.25) is 4.79 Å². The first kappa shape index (κ1) is 20.4. The molecule has 12 heteroatoms. The normalized spacial score (nSPS) is 14.0. The number of carbonyl (C=O) groups is 1. The van der Waals surface area contributed by atoms with Crippen LogP contribution in [0.5, 0.6) is 0 Å². The summed E-state index contributed by atoms with van der Waals surface area (Å²) in [5.41, 5.74) is 0.0859. The highest BCUT2D eigenvalue weighted by Crippen LogP contribution is 2.24. The Balaban J connectivity index is 3.15. The lowest BCUT2D eigenvalue weighted by molar-refractivity contribution is -0.771. The Morgan fingerprint density at radius 2 is 1.92 bits per heavy atom. The highest BCUT2D eigenvalue weighted by molar-refractivity contribution is 7.90. The maximum absolute atomic E-state index is 13.2. The molecule has 1 amide bonds. The molecule has 0 aliphatic carbocycles. The lowest BCUT2D eigenvalue weighted by atomic mass is 10.0. The van der Waals surface area contributed by atoms with Crippen LogP contribution < -0.4 is 5.32 Å². The summed E-state index contributed by atoms with van der Waals surface area (Å²) in [5.74, 6) is -0.953. The predicted octanol–water partition coefficient (Wildman–Crippen LogP) is 1.60. The van der Waals surface area contributed by atoms with E-state index in [2.05, 4.69) is 10.2 Å². The van der Waals surface area contributed by atoms with E-state index < -0.39 is 44.5 Å². The molecule has 0 aliphatic rings. The zero-order valence-corrected chi connectivity index (χ0v) is 14.5. The highest BCUT2D eigenvalue weighted by atomic mass is 35.5. The minimum Gasteiger partial charge on any atom is -0.346 e. The Hall–Kier alpha value is -1.65. The topological polar surface area (TPSA) is 116 Å². The molecular formula is C12H13Cl2FN2O6S. The van der Waals surface area contributed by atoms with E-state index in [1.165, 1.54) is 24.3 Å². The molecule has 1 aromatic carbocycles. The molecule has 1 rings (SSSR count). The van der Waals surface area contributed by atoms with Crippen molar-refractivity contribution in [2.75, 3.05) is 12.9 Å². The molecule has 0 saturated carbocycles. The summed E-state index contributed by atoms with van der Waals surface area (Å²) in [4.78, 5) is 25.0. The second-order valence-corrected chi connectivity index (χ2v) is 7.77. The zero-order chi connectivity index (χ0) is 18.5. The van der Waals surface area contributed by atoms with E-state index in [-0.39, 0.29) is 10.5 Å². The standard InChI is InChI=1S/C12H13Cl2FN2O6S/c1-24(21,22)8-4-2-7(3-5-8)10(23-17(19)20)9(6-15)16-12(18)11(13)14/h2-5,9-11H,6H2,1H3,(H,16,18)/t9-,10+/m1/s1. The van der Waals surface area contributed by atoms with E-state index in [4.69, 9.17) is 23.2 Å². The minimum atomic E-state index is -3.48. The van der Waals surface area contributed by atoms with Crippen LogP contribution in [0.1, 0.15) is 11.7 Å². The first-order valence-corrected chi connectivity index (χ1v) is 9.08. The number of benzene rings is 1. The van der Waals surface area contributed by atoms with Crippen LogP contribution in [-0.2, 0) is 19.5 Å². The third-order valence-electron chi connectivity index (χ3n) is 2.89. The SMILES string of the molecule is CS(=O)(=O)c1ccc([C@H](O[N+](=O)[O-])[C@@H](CF)NC(=O)C(Cl)Cl)cc1. The molecule has 24 heavy (non-hydrogen) atoms. The predicted molar refractivity (Wildman–Crippen MR) is 83.8 cm³/mol. The zero-order valence-electron chi connectivity index (χ0n) is 12.2. The number of rotatable bonds is 8. The highest BCUT2D eigenvalue weighted by Gasteiger charge is 2.30. The summed E-state index contributed by atoms with van der Waals surface area (Å²) in [6.07, 6.45) is -0.534. The number of hydrogen-bond donors (Lipinski definition) is 1. The smallest absolute Gasteiger partial charge is 0.295 e. The van der Waals surface area contributed by atoms with Crippen LogP contribution in [0.4, 0.5) is 4.39 Å². The van der Waals surface area contributed by atoms with E-state index in [1.54, 1.807) is 0 Å². The molecule has 0 spiro atoms. The summed E-state index contributed by atoms with van der Waals surface area (Å²) in [6.45, 7) is -1.21. The quantitative estimate of drug-likeness (QED) is 0.401. The number of carbonyl (C=O) groups excluding carboxylic acids is 1. The van der Waals surface area contributed by atoms with Crippen molar-refractivity contribution in [3.63, 3.8) is 0 Å². The maximum Gasteiger partial charge on any atom is 0.295 e. The fourth-order valence-electron chi connectivity index (χ4n) is 1.80. The van der Waals surface area contributed by atoms with Gasteiger partial charge in [-0.1, -0.05) is 35.3 Å². The molecule has 0 bridgehead atoms. The van der Waals surface area contributed by atoms with Gasteiger partial charge in [-0.25, -0.2) is 12.8 Å². The van der Waals surface area contributed by atoms with Gasteiger partial charge in [-0.2, -0.15) is 0 Å². The second-order valence-electron chi connectivity index (χ2n) is 4.66. The number of hydrogen-bond acceptors (Lipinski definition) is 6. The third kappa shape index (κ3) is 5.77. The fourth-order valence-corrected chi connectivity index (χ4v) is 2.56. The van der Waals surface area contributed by atoms with Crippen molar-refractivity contribution < 1.29 is 27.5 Å². The van der Waals surface area contributed by atoms with Crippen LogP contribution in [0.2, 0.25) is 0 Å². The van der Waals surface area contributed by atoms with E-state index in [9.17, 15) is 27.7 Å². The molecule has 0 aliphatic heterocycles. The van der Waals surface area contributed by atoms with Crippen LogP contribution >= 0.6 is 23.2 Å². The first-order valence-electron chi connectivity index (χ1n) is 6.32. The summed E-state index contributed by atoms with van der Waals surface area (Å²) < 4.78 is 36.1. The van der Waals surface area contributed by atoms with E-state index >= 15 is 0 Å². The van der Waals surface area contributed by atoms with Crippen molar-refractivity contribution in [2.45, 2.75) is 21.9 Å². The van der Waals surface area contributed by atoms with Gasteiger partial charge >= 0.3 is 0 Å². The van der Waals surface area contributed by atoms with Crippen LogP contribution in [0.3, 0.4) is 0 Å². The summed E-state index contributed by atoms with van der Waals surface area (Å²) in [7, 11) is -3.48. The van der Waals surface area contributed by atoms with Crippen LogP contribution in [0.15, 0.2) is 29.2 Å². The Morgan fingerprint density at radius 3 is 2.29 bits per heavy atom. The number of sulfone groups is 1. The molecule has 1 N–H and O–H groups in total. The van der Waals surface area contributed by atoms with Crippen molar-refractivity contribution in [3.05, 3.63) is 39.9 Å². The molecule has 1 aromatic rings. The Kier molecular flexibility index (Phi) is 7.18. The molecule has 0 fully saturated rings. The number of nitrogens with zero attached hydrogens (tertiary/aromatic N) is 1. The van der Waals surface area contributed by atoms with Crippen molar-refractivity contribution in [1.82, 2.24) is 5.32 Å². The molecule has 0 radical (unpaired) electrons. The van der Waals surface area contributed by atoms with Gasteiger partial charge in [-0.15, -0.1) is 10.1 Å². The molecule has 0 saturated heterocycles. The Morgan fingerprint density at radius 1 is 1.38 bits per heavy atom. The molecule has 0 heterocycles. The van der Waals surface area contributed by atoms with Crippen molar-refractivity contribution in [3.8, 4) is 0 Å². The van der Waals surface area contributed by atoms with Gasteiger partial charge < -0.3 is 10.2 Å². The van der Waals surface area contributed by atoms with E-state index in [0.29, 0.717) is 0 Å². The van der Waals surface area contributed by atoms with Crippen LogP contribution in [0, 0.1) is 10.1 Å². The van der Waals surface area contributed by atoms with Crippen molar-refractivity contribution in [1.29, 1.82) is 0 Å². The van der Waals surface area contributed by atoms with Gasteiger partial charge in [0.05, 0.1) is 10.9 Å². The minimum absolute atomic E-state index is 0.0338. The van der Waals surface area contributed by atoms with Gasteiger partial charge in [0.1, 0.15) is 6.67 Å². The van der Waals surface area contributed by atoms with E-state index in [1.807, 2.05) is 0 Å². The van der Waals surface area contributed by atoms with Gasteiger partial charge in [0.2, 0.25) is 0 Å². The summed E-state index contributed by atoms with van der Waals surface area (Å²) >= 11 is 10.7. The first-order chi connectivity index (χ1) is 11.1. The number of alkyl halides is 3. The molecule has 0 aromatic heterocycles. The summed E-state index contributed by atoms with van der Waals surface area (Å²) in [6, 6.07) is 3.36. The van der Waals surface area contributed by atoms with Crippen LogP contribution in [0.25, 0.3) is 0 Å². The molecule has 2 atom stereocenters. The maximum atomic E-state index is 13.2. The largest absolute Gasteiger partial charge is 0.346 e. The van der Waals surface area contributed by atoms with Crippen molar-refractivity contribution >= 4 is 38.9 Å².